The van der Waals surface area contributed by atoms with Gasteiger partial charge >= 0.3 is 6.18 Å². The summed E-state index contributed by atoms with van der Waals surface area (Å²) in [5.41, 5.74) is 8.55. The van der Waals surface area contributed by atoms with E-state index < -0.39 is 12.7 Å². The Morgan fingerprint density at radius 2 is 1.85 bits per heavy atom. The van der Waals surface area contributed by atoms with Crippen molar-refractivity contribution < 1.29 is 13.2 Å². The number of hydrogen-bond acceptors (Lipinski definition) is 6. The number of aromatic nitrogens is 6. The van der Waals surface area contributed by atoms with Crippen LogP contribution in [0.25, 0.3) is 27.9 Å². The van der Waals surface area contributed by atoms with Gasteiger partial charge in [-0.25, -0.2) is 14.5 Å². The van der Waals surface area contributed by atoms with Gasteiger partial charge in [-0.3, -0.25) is 0 Å². The van der Waals surface area contributed by atoms with E-state index in [1.54, 1.807) is 28.9 Å². The summed E-state index contributed by atoms with van der Waals surface area (Å²) in [6.45, 7) is 2.65. The fourth-order valence-corrected chi connectivity index (χ4v) is 4.54. The molecule has 0 atom stereocenters. The third kappa shape index (κ3) is 4.19. The highest BCUT2D eigenvalue weighted by Crippen LogP contribution is 2.31. The van der Waals surface area contributed by atoms with E-state index in [0.717, 1.165) is 23.3 Å². The molecule has 5 rings (SSSR count). The van der Waals surface area contributed by atoms with Gasteiger partial charge in [0.05, 0.1) is 5.69 Å². The van der Waals surface area contributed by atoms with Crippen molar-refractivity contribution in [3.63, 3.8) is 0 Å². The third-order valence-electron chi connectivity index (χ3n) is 6.28. The van der Waals surface area contributed by atoms with E-state index >= 15 is 0 Å². The van der Waals surface area contributed by atoms with E-state index in [-0.39, 0.29) is 17.3 Å². The molecule has 8 nitrogen and oxygen atoms in total. The van der Waals surface area contributed by atoms with Gasteiger partial charge in [0, 0.05) is 17.8 Å². The first-order valence-corrected chi connectivity index (χ1v) is 11.0. The molecular formula is C22H25F3N8. The molecule has 0 amide bonds. The molecule has 33 heavy (non-hydrogen) atoms. The molecule has 4 aromatic heterocycles. The predicted molar refractivity (Wildman–Crippen MR) is 120 cm³/mol. The van der Waals surface area contributed by atoms with Gasteiger partial charge in [-0.2, -0.15) is 18.2 Å². The quantitative estimate of drug-likeness (QED) is 0.464. The Labute approximate surface area is 188 Å². The van der Waals surface area contributed by atoms with Gasteiger partial charge in [0.25, 0.3) is 0 Å². The van der Waals surface area contributed by atoms with Gasteiger partial charge in [-0.15, -0.1) is 5.10 Å². The van der Waals surface area contributed by atoms with Crippen LogP contribution in [0, 0.1) is 12.8 Å². The van der Waals surface area contributed by atoms with Gasteiger partial charge in [-0.1, -0.05) is 6.92 Å². The maximum atomic E-state index is 13.1. The van der Waals surface area contributed by atoms with Crippen molar-refractivity contribution in [2.75, 3.05) is 11.1 Å². The molecule has 1 aliphatic rings. The number of nitrogens with two attached hydrogens (primary N) is 1. The zero-order chi connectivity index (χ0) is 23.3. The maximum absolute atomic E-state index is 13.1. The van der Waals surface area contributed by atoms with Gasteiger partial charge in [0.2, 0.25) is 5.95 Å². The number of halogens is 3. The smallest absolute Gasteiger partial charge is 0.382 e. The van der Waals surface area contributed by atoms with E-state index in [4.69, 9.17) is 5.73 Å². The number of alkyl halides is 3. The fraction of sp³-hybridized carbons (Fsp3) is 0.455. The Morgan fingerprint density at radius 1 is 1.09 bits per heavy atom. The molecule has 0 aliphatic heterocycles. The van der Waals surface area contributed by atoms with Crippen LogP contribution < -0.4 is 11.1 Å². The largest absolute Gasteiger partial charge is 0.406 e. The second-order valence-electron chi connectivity index (χ2n) is 8.84. The van der Waals surface area contributed by atoms with E-state index in [1.807, 2.05) is 0 Å². The summed E-state index contributed by atoms with van der Waals surface area (Å²) < 4.78 is 41.9. The molecule has 0 radical (unpaired) electrons. The highest BCUT2D eigenvalue weighted by atomic mass is 19.4. The second kappa shape index (κ2) is 7.89. The van der Waals surface area contributed by atoms with E-state index in [2.05, 4.69) is 32.3 Å². The molecule has 0 spiro atoms. The van der Waals surface area contributed by atoms with Crippen LogP contribution in [0.5, 0.6) is 0 Å². The Kier molecular flexibility index (Phi) is 5.13. The predicted octanol–water partition coefficient (Wildman–Crippen LogP) is 4.58. The van der Waals surface area contributed by atoms with Crippen LogP contribution in [0.2, 0.25) is 0 Å². The monoisotopic (exact) mass is 458 g/mol. The Morgan fingerprint density at radius 3 is 2.58 bits per heavy atom. The minimum atomic E-state index is -4.38. The summed E-state index contributed by atoms with van der Waals surface area (Å²) in [5.74, 6) is 1.73. The Bertz CT molecular complexity index is 1310. The minimum Gasteiger partial charge on any atom is -0.382 e. The molecule has 1 aliphatic carbocycles. The Hall–Kier alpha value is -3.37. The highest BCUT2D eigenvalue weighted by molar-refractivity contribution is 5.88. The number of rotatable bonds is 4. The zero-order valence-corrected chi connectivity index (χ0v) is 18.4. The van der Waals surface area contributed by atoms with Crippen LogP contribution in [-0.4, -0.2) is 41.4 Å². The summed E-state index contributed by atoms with van der Waals surface area (Å²) in [5, 5.41) is 7.93. The molecule has 0 aromatic carbocycles. The molecule has 174 valence electrons. The molecule has 3 N–H and O–H groups in total. The van der Waals surface area contributed by atoms with Crippen molar-refractivity contribution in [3.05, 3.63) is 30.2 Å². The van der Waals surface area contributed by atoms with Crippen LogP contribution in [0.1, 0.15) is 38.4 Å². The topological polar surface area (TPSA) is 98.9 Å². The SMILES string of the molecule is Cc1nc2ccc(-c3ccn4nc(NC5CCC(C)CC5)nc(N)c34)nc2n1CC(F)(F)F. The first kappa shape index (κ1) is 21.5. The molecule has 4 aromatic rings. The van der Waals surface area contributed by atoms with E-state index in [0.29, 0.717) is 34.3 Å². The summed E-state index contributed by atoms with van der Waals surface area (Å²) in [4.78, 5) is 13.2. The Balaban J connectivity index is 1.50. The van der Waals surface area contributed by atoms with Crippen LogP contribution >= 0.6 is 0 Å². The number of nitrogens with zero attached hydrogens (tertiary/aromatic N) is 6. The normalized spacial score (nSPS) is 19.4. The summed E-state index contributed by atoms with van der Waals surface area (Å²) in [6.07, 6.45) is 1.84. The molecule has 4 heterocycles. The van der Waals surface area contributed by atoms with Crippen LogP contribution in [0.15, 0.2) is 24.4 Å². The van der Waals surface area contributed by atoms with Gasteiger partial charge < -0.3 is 15.6 Å². The standard InChI is InChI=1S/C22H25F3N8/c1-12-3-5-14(6-4-12)28-21-30-19(26)18-15(9-10-33(18)31-21)16-7-8-17-20(29-16)32(13(2)27-17)11-22(23,24)25/h7-10,12,14H,3-6,11H2,1-2H3,(H3,26,28,30,31). The van der Waals surface area contributed by atoms with Crippen molar-refractivity contribution in [1.29, 1.82) is 0 Å². The van der Waals surface area contributed by atoms with Crippen molar-refractivity contribution in [2.45, 2.75) is 58.3 Å². The maximum Gasteiger partial charge on any atom is 0.406 e. The van der Waals surface area contributed by atoms with Gasteiger partial charge in [0.15, 0.2) is 11.5 Å². The summed E-state index contributed by atoms with van der Waals surface area (Å²) >= 11 is 0. The third-order valence-corrected chi connectivity index (χ3v) is 6.28. The van der Waals surface area contributed by atoms with E-state index in [9.17, 15) is 13.2 Å². The molecule has 11 heteroatoms. The lowest BCUT2D eigenvalue weighted by atomic mass is 9.87. The molecule has 1 saturated carbocycles. The number of aryl methyl sites for hydroxylation is 1. The molecule has 1 fully saturated rings. The first-order valence-electron chi connectivity index (χ1n) is 11.0. The van der Waals surface area contributed by atoms with Crippen LogP contribution in [-0.2, 0) is 6.54 Å². The molecular weight excluding hydrogens is 433 g/mol. The lowest BCUT2D eigenvalue weighted by molar-refractivity contribution is -0.140. The number of nitrogen functional groups attached to an aromatic ring is 1. The average molecular weight is 458 g/mol. The summed E-state index contributed by atoms with van der Waals surface area (Å²) in [6, 6.07) is 5.49. The first-order chi connectivity index (χ1) is 15.7. The number of hydrogen-bond donors (Lipinski definition) is 2. The highest BCUT2D eigenvalue weighted by Gasteiger charge is 2.30. The second-order valence-corrected chi connectivity index (χ2v) is 8.84. The summed E-state index contributed by atoms with van der Waals surface area (Å²) in [7, 11) is 0. The molecule has 0 bridgehead atoms. The van der Waals surface area contributed by atoms with Crippen LogP contribution in [0.3, 0.4) is 0 Å². The van der Waals surface area contributed by atoms with Gasteiger partial charge in [0.1, 0.15) is 23.4 Å². The number of anilines is 2. The minimum absolute atomic E-state index is 0.172. The van der Waals surface area contributed by atoms with E-state index in [1.165, 1.54) is 19.8 Å². The van der Waals surface area contributed by atoms with Crippen LogP contribution in [0.4, 0.5) is 24.9 Å². The molecule has 0 unspecified atom stereocenters. The van der Waals surface area contributed by atoms with Crippen molar-refractivity contribution in [2.24, 2.45) is 5.92 Å². The van der Waals surface area contributed by atoms with Gasteiger partial charge in [-0.05, 0) is 56.7 Å². The lowest BCUT2D eigenvalue weighted by Gasteiger charge is -2.26. The lowest BCUT2D eigenvalue weighted by Crippen LogP contribution is -2.26. The average Bonchev–Trinajstić information content (AvgIpc) is 3.30. The number of fused-ring (bicyclic) bond motifs is 2. The fourth-order valence-electron chi connectivity index (χ4n) is 4.54. The van der Waals surface area contributed by atoms with Crippen molar-refractivity contribution in [3.8, 4) is 11.3 Å². The number of pyridine rings is 1. The van der Waals surface area contributed by atoms with Crippen molar-refractivity contribution in [1.82, 2.24) is 29.1 Å². The van der Waals surface area contributed by atoms with Crippen molar-refractivity contribution >= 4 is 28.4 Å². The molecule has 0 saturated heterocycles. The number of imidazole rings is 1. The zero-order valence-electron chi connectivity index (χ0n) is 18.4. The number of nitrogens with one attached hydrogen (secondary N) is 1.